The van der Waals surface area contributed by atoms with E-state index in [0.717, 1.165) is 36.3 Å². The molecule has 1 atom stereocenters. The normalized spacial score (nSPS) is 15.2. The molecular formula is C18H16Cl4N2. The van der Waals surface area contributed by atoms with Crippen LogP contribution in [0.15, 0.2) is 41.4 Å². The summed E-state index contributed by atoms with van der Waals surface area (Å²) >= 11 is 25.0. The van der Waals surface area contributed by atoms with E-state index in [1.54, 1.807) is 12.1 Å². The van der Waals surface area contributed by atoms with Crippen LogP contribution in [0, 0.1) is 0 Å². The van der Waals surface area contributed by atoms with Gasteiger partial charge in [0.05, 0.1) is 21.9 Å². The molecule has 1 N–H and O–H groups in total. The molecule has 24 heavy (non-hydrogen) atoms. The van der Waals surface area contributed by atoms with Crippen molar-refractivity contribution >= 4 is 52.2 Å². The minimum Gasteiger partial charge on any atom is -0.367 e. The molecule has 1 heterocycles. The fourth-order valence-corrected chi connectivity index (χ4v) is 3.72. The lowest BCUT2D eigenvalue weighted by molar-refractivity contribution is 0.639. The molecule has 0 fully saturated rings. The van der Waals surface area contributed by atoms with Crippen molar-refractivity contribution in [1.29, 1.82) is 0 Å². The number of nitrogens with zero attached hydrogens (tertiary/aromatic N) is 1. The molecule has 2 nitrogen and oxygen atoms in total. The molecule has 2 aromatic carbocycles. The van der Waals surface area contributed by atoms with Crippen LogP contribution in [0.5, 0.6) is 0 Å². The number of nitrogens with one attached hydrogen (secondary N) is 1. The molecule has 1 aliphatic rings. The highest BCUT2D eigenvalue weighted by atomic mass is 35.5. The van der Waals surface area contributed by atoms with Crippen LogP contribution in [0.4, 0.5) is 0 Å². The Morgan fingerprint density at radius 2 is 1.88 bits per heavy atom. The van der Waals surface area contributed by atoms with Gasteiger partial charge >= 0.3 is 0 Å². The third-order valence-electron chi connectivity index (χ3n) is 4.01. The molecule has 0 spiro atoms. The van der Waals surface area contributed by atoms with E-state index in [0.29, 0.717) is 26.5 Å². The minimum absolute atomic E-state index is 0.0632. The van der Waals surface area contributed by atoms with Gasteiger partial charge < -0.3 is 5.32 Å². The Balaban J connectivity index is 1.93. The number of aliphatic imine (C=N–C) groups is 1. The van der Waals surface area contributed by atoms with Gasteiger partial charge in [0.2, 0.25) is 0 Å². The zero-order valence-electron chi connectivity index (χ0n) is 12.8. The highest BCUT2D eigenvalue weighted by Crippen LogP contribution is 2.33. The van der Waals surface area contributed by atoms with E-state index in [1.807, 2.05) is 24.3 Å². The van der Waals surface area contributed by atoms with Gasteiger partial charge in [0.15, 0.2) is 0 Å². The van der Waals surface area contributed by atoms with Crippen LogP contribution in [-0.2, 0) is 6.42 Å². The van der Waals surface area contributed by atoms with E-state index in [1.165, 1.54) is 0 Å². The van der Waals surface area contributed by atoms with Crippen molar-refractivity contribution in [3.8, 4) is 0 Å². The molecule has 0 aliphatic carbocycles. The van der Waals surface area contributed by atoms with Gasteiger partial charge in [-0.1, -0.05) is 64.6 Å². The molecule has 6 heteroatoms. The largest absolute Gasteiger partial charge is 0.367 e. The Labute approximate surface area is 161 Å². The highest BCUT2D eigenvalue weighted by molar-refractivity contribution is 6.42. The Morgan fingerprint density at radius 1 is 1.04 bits per heavy atom. The maximum absolute atomic E-state index is 6.44. The number of amidine groups is 1. The van der Waals surface area contributed by atoms with Crippen molar-refractivity contribution in [1.82, 2.24) is 5.32 Å². The summed E-state index contributed by atoms with van der Waals surface area (Å²) in [6.45, 7) is 0.861. The molecule has 0 bridgehead atoms. The topological polar surface area (TPSA) is 24.4 Å². The first kappa shape index (κ1) is 17.9. The molecular weight excluding hydrogens is 386 g/mol. The Bertz CT molecular complexity index is 774. The third kappa shape index (κ3) is 4.18. The zero-order chi connectivity index (χ0) is 17.1. The maximum Gasteiger partial charge on any atom is 0.0968 e. The number of hydrogen-bond acceptors (Lipinski definition) is 2. The van der Waals surface area contributed by atoms with Crippen LogP contribution in [0.1, 0.15) is 30.0 Å². The molecule has 1 aliphatic heterocycles. The smallest absolute Gasteiger partial charge is 0.0968 e. The van der Waals surface area contributed by atoms with Crippen molar-refractivity contribution < 1.29 is 0 Å². The summed E-state index contributed by atoms with van der Waals surface area (Å²) in [6, 6.07) is 11.1. The van der Waals surface area contributed by atoms with Crippen molar-refractivity contribution in [3.63, 3.8) is 0 Å². The van der Waals surface area contributed by atoms with Crippen LogP contribution in [0.3, 0.4) is 0 Å². The maximum atomic E-state index is 6.44. The summed E-state index contributed by atoms with van der Waals surface area (Å²) in [6.07, 6.45) is 2.68. The van der Waals surface area contributed by atoms with Crippen LogP contribution in [-0.4, -0.2) is 12.4 Å². The summed E-state index contributed by atoms with van der Waals surface area (Å²) in [5, 5.41) is 5.86. The second kappa shape index (κ2) is 7.97. The zero-order valence-corrected chi connectivity index (χ0v) is 15.9. The predicted molar refractivity (Wildman–Crippen MR) is 104 cm³/mol. The molecule has 3 rings (SSSR count). The molecule has 0 amide bonds. The van der Waals surface area contributed by atoms with E-state index in [2.05, 4.69) is 10.3 Å². The lowest BCUT2D eigenvalue weighted by Crippen LogP contribution is -2.29. The second-order valence-corrected chi connectivity index (χ2v) is 7.34. The fraction of sp³-hybridized carbons (Fsp3) is 0.278. The average molecular weight is 402 g/mol. The van der Waals surface area contributed by atoms with Gasteiger partial charge in [0, 0.05) is 23.0 Å². The van der Waals surface area contributed by atoms with Gasteiger partial charge in [-0.3, -0.25) is 4.99 Å². The quantitative estimate of drug-likeness (QED) is 0.632. The average Bonchev–Trinajstić information content (AvgIpc) is 3.05. The van der Waals surface area contributed by atoms with Gasteiger partial charge in [0.1, 0.15) is 0 Å². The van der Waals surface area contributed by atoms with Gasteiger partial charge in [-0.2, -0.15) is 0 Å². The SMILES string of the molecule is Clc1ccc(CC(NC2=NCCC2)c2cccc(Cl)c2Cl)c(Cl)c1. The summed E-state index contributed by atoms with van der Waals surface area (Å²) < 4.78 is 0. The molecule has 0 radical (unpaired) electrons. The van der Waals surface area contributed by atoms with Crippen LogP contribution >= 0.6 is 46.4 Å². The predicted octanol–water partition coefficient (Wildman–Crippen LogP) is 6.37. The van der Waals surface area contributed by atoms with E-state index in [4.69, 9.17) is 46.4 Å². The highest BCUT2D eigenvalue weighted by Gasteiger charge is 2.20. The third-order valence-corrected chi connectivity index (χ3v) is 5.43. The summed E-state index contributed by atoms with van der Waals surface area (Å²) in [7, 11) is 0. The van der Waals surface area contributed by atoms with Crippen molar-refractivity contribution in [2.75, 3.05) is 6.54 Å². The number of halogens is 4. The molecule has 0 saturated carbocycles. The van der Waals surface area contributed by atoms with E-state index >= 15 is 0 Å². The molecule has 1 unspecified atom stereocenters. The first-order valence-electron chi connectivity index (χ1n) is 7.72. The van der Waals surface area contributed by atoms with Crippen LogP contribution in [0.25, 0.3) is 0 Å². The minimum atomic E-state index is -0.0632. The molecule has 0 aromatic heterocycles. The number of rotatable bonds is 4. The Hall–Kier alpha value is -0.930. The fourth-order valence-electron chi connectivity index (χ4n) is 2.79. The monoisotopic (exact) mass is 400 g/mol. The van der Waals surface area contributed by atoms with E-state index in [9.17, 15) is 0 Å². The Kier molecular flexibility index (Phi) is 5.93. The first-order chi connectivity index (χ1) is 11.5. The van der Waals surface area contributed by atoms with Gasteiger partial charge in [-0.05, 0) is 42.2 Å². The first-order valence-corrected chi connectivity index (χ1v) is 9.23. The summed E-state index contributed by atoms with van der Waals surface area (Å²) in [4.78, 5) is 4.51. The second-order valence-electron chi connectivity index (χ2n) is 5.71. The number of benzene rings is 2. The lowest BCUT2D eigenvalue weighted by atomic mass is 9.98. The number of hydrogen-bond donors (Lipinski definition) is 1. The summed E-state index contributed by atoms with van der Waals surface area (Å²) in [5.41, 5.74) is 1.93. The Morgan fingerprint density at radius 3 is 2.58 bits per heavy atom. The van der Waals surface area contributed by atoms with Crippen molar-refractivity contribution in [3.05, 3.63) is 67.6 Å². The molecule has 126 valence electrons. The van der Waals surface area contributed by atoms with E-state index < -0.39 is 0 Å². The molecule has 0 saturated heterocycles. The van der Waals surface area contributed by atoms with Crippen LogP contribution < -0.4 is 5.32 Å². The molecule has 2 aromatic rings. The lowest BCUT2D eigenvalue weighted by Gasteiger charge is -2.22. The van der Waals surface area contributed by atoms with Crippen LogP contribution in [0.2, 0.25) is 20.1 Å². The van der Waals surface area contributed by atoms with Crippen molar-refractivity contribution in [2.45, 2.75) is 25.3 Å². The van der Waals surface area contributed by atoms with Gasteiger partial charge in [-0.15, -0.1) is 0 Å². The van der Waals surface area contributed by atoms with Gasteiger partial charge in [0.25, 0.3) is 0 Å². The van der Waals surface area contributed by atoms with Gasteiger partial charge in [-0.25, -0.2) is 0 Å². The van der Waals surface area contributed by atoms with Crippen molar-refractivity contribution in [2.24, 2.45) is 4.99 Å². The van der Waals surface area contributed by atoms with E-state index in [-0.39, 0.29) is 6.04 Å². The summed E-state index contributed by atoms with van der Waals surface area (Å²) in [5.74, 6) is 1.00. The standard InChI is InChI=1S/C18H16Cl4N2/c19-12-7-6-11(15(21)10-12)9-16(24-17-5-2-8-23-17)13-3-1-4-14(20)18(13)22/h1,3-4,6-7,10,16H,2,5,8-9H2,(H,23,24).